The molecule has 0 radical (unpaired) electrons. The van der Waals surface area contributed by atoms with Crippen molar-refractivity contribution in [1.29, 1.82) is 0 Å². The van der Waals surface area contributed by atoms with E-state index in [1.807, 2.05) is 6.07 Å². The van der Waals surface area contributed by atoms with Crippen molar-refractivity contribution in [2.75, 3.05) is 6.54 Å². The van der Waals surface area contributed by atoms with Crippen LogP contribution in [0.1, 0.15) is 39.7 Å². The van der Waals surface area contributed by atoms with E-state index in [1.54, 1.807) is 6.07 Å². The van der Waals surface area contributed by atoms with E-state index in [-0.39, 0.29) is 11.2 Å². The van der Waals surface area contributed by atoms with Gasteiger partial charge in [0.15, 0.2) is 0 Å². The van der Waals surface area contributed by atoms with Crippen LogP contribution in [0.3, 0.4) is 0 Å². The molecule has 0 aliphatic rings. The molecule has 1 atom stereocenters. The van der Waals surface area contributed by atoms with Gasteiger partial charge in [-0.1, -0.05) is 43.6 Å². The van der Waals surface area contributed by atoms with Crippen molar-refractivity contribution in [2.45, 2.75) is 46.6 Å². The Morgan fingerprint density at radius 1 is 1.39 bits per heavy atom. The van der Waals surface area contributed by atoms with Gasteiger partial charge in [0, 0.05) is 17.1 Å². The quantitative estimate of drug-likeness (QED) is 0.812. The average molecular weight is 316 g/mol. The molecule has 1 aromatic rings. The van der Waals surface area contributed by atoms with E-state index in [0.717, 1.165) is 29.4 Å². The lowest BCUT2D eigenvalue weighted by Crippen LogP contribution is -2.37. The molecule has 0 heterocycles. The van der Waals surface area contributed by atoms with Gasteiger partial charge in [-0.05, 0) is 42.0 Å². The first-order chi connectivity index (χ1) is 8.36. The highest BCUT2D eigenvalue weighted by atomic mass is 79.9. The largest absolute Gasteiger partial charge is 0.314 e. The second kappa shape index (κ2) is 6.67. The lowest BCUT2D eigenvalue weighted by molar-refractivity contribution is 0.278. The SMILES string of the molecule is CCC(C)(CNC(C)C)Cc1cc(Br)ccc1F. The van der Waals surface area contributed by atoms with E-state index in [4.69, 9.17) is 0 Å². The van der Waals surface area contributed by atoms with Crippen LogP contribution in [-0.4, -0.2) is 12.6 Å². The fourth-order valence-corrected chi connectivity index (χ4v) is 2.31. The molecular weight excluding hydrogens is 293 g/mol. The molecule has 0 fully saturated rings. The third-order valence-corrected chi connectivity index (χ3v) is 3.91. The Morgan fingerprint density at radius 3 is 2.61 bits per heavy atom. The first-order valence-electron chi connectivity index (χ1n) is 6.53. The number of rotatable bonds is 6. The molecule has 1 nitrogen and oxygen atoms in total. The van der Waals surface area contributed by atoms with Crippen molar-refractivity contribution in [3.63, 3.8) is 0 Å². The van der Waals surface area contributed by atoms with E-state index in [2.05, 4.69) is 48.9 Å². The molecule has 0 saturated carbocycles. The minimum atomic E-state index is -0.109. The minimum Gasteiger partial charge on any atom is -0.314 e. The van der Waals surface area contributed by atoms with Gasteiger partial charge in [0.05, 0.1) is 0 Å². The van der Waals surface area contributed by atoms with Crippen molar-refractivity contribution in [3.8, 4) is 0 Å². The van der Waals surface area contributed by atoms with Crippen molar-refractivity contribution >= 4 is 15.9 Å². The lowest BCUT2D eigenvalue weighted by Gasteiger charge is -2.30. The predicted octanol–water partition coefficient (Wildman–Crippen LogP) is 4.55. The summed E-state index contributed by atoms with van der Waals surface area (Å²) in [6, 6.07) is 5.63. The molecule has 1 N–H and O–H groups in total. The molecule has 18 heavy (non-hydrogen) atoms. The maximum absolute atomic E-state index is 13.8. The zero-order valence-electron chi connectivity index (χ0n) is 11.7. The summed E-state index contributed by atoms with van der Waals surface area (Å²) in [5.74, 6) is -0.109. The Balaban J connectivity index is 2.80. The summed E-state index contributed by atoms with van der Waals surface area (Å²) in [5.41, 5.74) is 0.880. The van der Waals surface area contributed by atoms with E-state index in [0.29, 0.717) is 6.04 Å². The Morgan fingerprint density at radius 2 is 2.06 bits per heavy atom. The van der Waals surface area contributed by atoms with Crippen LogP contribution >= 0.6 is 15.9 Å². The van der Waals surface area contributed by atoms with Gasteiger partial charge in [0.1, 0.15) is 5.82 Å². The zero-order valence-corrected chi connectivity index (χ0v) is 13.3. The molecule has 1 unspecified atom stereocenters. The van der Waals surface area contributed by atoms with E-state index < -0.39 is 0 Å². The Hall–Kier alpha value is -0.410. The first kappa shape index (κ1) is 15.6. The maximum Gasteiger partial charge on any atom is 0.126 e. The van der Waals surface area contributed by atoms with E-state index >= 15 is 0 Å². The van der Waals surface area contributed by atoms with Crippen molar-refractivity contribution in [2.24, 2.45) is 5.41 Å². The summed E-state index contributed by atoms with van der Waals surface area (Å²) in [6.45, 7) is 9.55. The van der Waals surface area contributed by atoms with Crippen molar-refractivity contribution < 1.29 is 4.39 Å². The zero-order chi connectivity index (χ0) is 13.8. The molecule has 0 aliphatic heterocycles. The third kappa shape index (κ3) is 4.69. The summed E-state index contributed by atoms with van der Waals surface area (Å²) < 4.78 is 14.7. The molecule has 0 amide bonds. The number of benzene rings is 1. The highest BCUT2D eigenvalue weighted by Gasteiger charge is 2.24. The predicted molar refractivity (Wildman–Crippen MR) is 79.3 cm³/mol. The molecule has 1 aromatic carbocycles. The fourth-order valence-electron chi connectivity index (χ4n) is 1.90. The topological polar surface area (TPSA) is 12.0 Å². The number of nitrogens with one attached hydrogen (secondary N) is 1. The molecule has 1 rings (SSSR count). The molecule has 0 spiro atoms. The van der Waals surface area contributed by atoms with Crippen LogP contribution < -0.4 is 5.32 Å². The Bertz CT molecular complexity index is 392. The monoisotopic (exact) mass is 315 g/mol. The minimum absolute atomic E-state index is 0.0892. The standard InChI is InChI=1S/C15H23BrFN/c1-5-15(4,10-18-11(2)3)9-12-8-13(16)6-7-14(12)17/h6-8,11,18H,5,9-10H2,1-4H3. The summed E-state index contributed by atoms with van der Waals surface area (Å²) in [6.07, 6.45) is 1.78. The van der Waals surface area contributed by atoms with Crippen LogP contribution in [0.25, 0.3) is 0 Å². The van der Waals surface area contributed by atoms with E-state index in [1.165, 1.54) is 6.07 Å². The Kier molecular flexibility index (Phi) is 5.80. The van der Waals surface area contributed by atoms with Gasteiger partial charge in [0.25, 0.3) is 0 Å². The molecule has 0 aliphatic carbocycles. The van der Waals surface area contributed by atoms with Crippen LogP contribution in [-0.2, 0) is 6.42 Å². The summed E-state index contributed by atoms with van der Waals surface area (Å²) in [4.78, 5) is 0. The van der Waals surface area contributed by atoms with Gasteiger partial charge in [-0.15, -0.1) is 0 Å². The van der Waals surface area contributed by atoms with Gasteiger partial charge in [-0.25, -0.2) is 4.39 Å². The van der Waals surface area contributed by atoms with E-state index in [9.17, 15) is 4.39 Å². The average Bonchev–Trinajstić information content (AvgIpc) is 2.31. The van der Waals surface area contributed by atoms with Gasteiger partial charge in [-0.2, -0.15) is 0 Å². The number of hydrogen-bond acceptors (Lipinski definition) is 1. The number of halogens is 2. The van der Waals surface area contributed by atoms with Crippen LogP contribution in [0.5, 0.6) is 0 Å². The number of hydrogen-bond donors (Lipinski definition) is 1. The van der Waals surface area contributed by atoms with Crippen LogP contribution in [0.2, 0.25) is 0 Å². The smallest absolute Gasteiger partial charge is 0.126 e. The van der Waals surface area contributed by atoms with Gasteiger partial charge in [0.2, 0.25) is 0 Å². The molecule has 0 bridgehead atoms. The lowest BCUT2D eigenvalue weighted by atomic mass is 9.81. The molecule has 3 heteroatoms. The Labute approximate surface area is 118 Å². The van der Waals surface area contributed by atoms with Crippen LogP contribution in [0.4, 0.5) is 4.39 Å². The molecule has 0 saturated heterocycles. The summed E-state index contributed by atoms with van der Waals surface area (Å²) >= 11 is 3.41. The third-order valence-electron chi connectivity index (χ3n) is 3.42. The summed E-state index contributed by atoms with van der Waals surface area (Å²) in [5, 5.41) is 3.46. The molecule has 102 valence electrons. The highest BCUT2D eigenvalue weighted by Crippen LogP contribution is 2.28. The van der Waals surface area contributed by atoms with Crippen molar-refractivity contribution in [1.82, 2.24) is 5.32 Å². The molecule has 0 aromatic heterocycles. The van der Waals surface area contributed by atoms with Gasteiger partial charge < -0.3 is 5.32 Å². The van der Waals surface area contributed by atoms with Gasteiger partial charge in [-0.3, -0.25) is 0 Å². The van der Waals surface area contributed by atoms with Gasteiger partial charge >= 0.3 is 0 Å². The second-order valence-corrected chi connectivity index (χ2v) is 6.53. The maximum atomic E-state index is 13.8. The van der Waals surface area contributed by atoms with Crippen LogP contribution in [0.15, 0.2) is 22.7 Å². The molecular formula is C15H23BrFN. The van der Waals surface area contributed by atoms with Crippen LogP contribution in [0, 0.1) is 11.2 Å². The first-order valence-corrected chi connectivity index (χ1v) is 7.33. The highest BCUT2D eigenvalue weighted by molar-refractivity contribution is 9.10. The summed E-state index contributed by atoms with van der Waals surface area (Å²) in [7, 11) is 0. The normalized spacial score (nSPS) is 14.8. The van der Waals surface area contributed by atoms with Crippen molar-refractivity contribution in [3.05, 3.63) is 34.1 Å². The second-order valence-electron chi connectivity index (χ2n) is 5.61. The fraction of sp³-hybridized carbons (Fsp3) is 0.600.